The van der Waals surface area contributed by atoms with Gasteiger partial charge in [-0.05, 0) is 61.6 Å². The fourth-order valence-corrected chi connectivity index (χ4v) is 5.03. The van der Waals surface area contributed by atoms with E-state index in [0.29, 0.717) is 53.9 Å². The van der Waals surface area contributed by atoms with Crippen LogP contribution in [0.2, 0.25) is 0 Å². The molecule has 0 bridgehead atoms. The van der Waals surface area contributed by atoms with E-state index in [2.05, 4.69) is 32.6 Å². The Morgan fingerprint density at radius 2 is 1.95 bits per heavy atom. The first-order chi connectivity index (χ1) is 19.8. The highest BCUT2D eigenvalue weighted by Gasteiger charge is 2.23. The van der Waals surface area contributed by atoms with E-state index in [0.717, 1.165) is 36.0 Å². The van der Waals surface area contributed by atoms with Crippen LogP contribution in [-0.4, -0.2) is 50.0 Å². The molecule has 1 saturated heterocycles. The third kappa shape index (κ3) is 6.28. The van der Waals surface area contributed by atoms with Gasteiger partial charge in [-0.25, -0.2) is 9.67 Å². The summed E-state index contributed by atoms with van der Waals surface area (Å²) in [5, 5.41) is 20.6. The molecule has 1 atom stereocenters. The van der Waals surface area contributed by atoms with Gasteiger partial charge in [0.25, 0.3) is 11.5 Å². The van der Waals surface area contributed by atoms with E-state index in [4.69, 9.17) is 0 Å². The van der Waals surface area contributed by atoms with Crippen molar-refractivity contribution < 1.29 is 9.90 Å². The highest BCUT2D eigenvalue weighted by Crippen LogP contribution is 2.29. The predicted molar refractivity (Wildman–Crippen MR) is 161 cm³/mol. The smallest absolute Gasteiger partial charge is 0.290 e. The maximum atomic E-state index is 13.3. The zero-order valence-electron chi connectivity index (χ0n) is 23.6. The number of anilines is 4. The lowest BCUT2D eigenvalue weighted by atomic mass is 10.0. The van der Waals surface area contributed by atoms with Gasteiger partial charge in [-0.2, -0.15) is 10.1 Å². The molecule has 3 heterocycles. The Bertz CT molecular complexity index is 1620. The van der Waals surface area contributed by atoms with Gasteiger partial charge in [-0.1, -0.05) is 43.7 Å². The molecule has 0 saturated carbocycles. The van der Waals surface area contributed by atoms with Crippen molar-refractivity contribution in [2.75, 3.05) is 28.6 Å². The number of β-amino-alcohol motifs (C(OH)–C–C–N with tert-alkyl or cyclic N) is 1. The predicted octanol–water partition coefficient (Wildman–Crippen LogP) is 4.46. The van der Waals surface area contributed by atoms with Crippen molar-refractivity contribution in [1.29, 1.82) is 0 Å². The van der Waals surface area contributed by atoms with Crippen LogP contribution in [0.3, 0.4) is 0 Å². The first-order valence-electron chi connectivity index (χ1n) is 13.9. The third-order valence-corrected chi connectivity index (χ3v) is 7.33. The zero-order chi connectivity index (χ0) is 28.9. The molecule has 0 spiro atoms. The van der Waals surface area contributed by atoms with Crippen molar-refractivity contribution in [3.05, 3.63) is 87.8 Å². The van der Waals surface area contributed by atoms with Gasteiger partial charge in [-0.3, -0.25) is 9.59 Å². The summed E-state index contributed by atoms with van der Waals surface area (Å²) in [7, 11) is 1.60. The number of rotatable bonds is 9. The second-order valence-corrected chi connectivity index (χ2v) is 10.3. The number of aromatic nitrogens is 4. The van der Waals surface area contributed by atoms with Crippen molar-refractivity contribution in [3.63, 3.8) is 0 Å². The average Bonchev–Trinajstić information content (AvgIpc) is 3.42. The molecule has 5 rings (SSSR count). The molecule has 2 aromatic heterocycles. The number of nitrogens with one attached hydrogen (secondary N) is 2. The number of nitrogens with zero attached hydrogens (tertiary/aromatic N) is 5. The number of carbonyl (C=O) groups excluding carboxylic acids is 1. The van der Waals surface area contributed by atoms with Crippen LogP contribution in [0.5, 0.6) is 0 Å². The highest BCUT2D eigenvalue weighted by molar-refractivity contribution is 6.06. The number of aryl methyl sites for hydroxylation is 2. The molecule has 4 aromatic rings. The van der Waals surface area contributed by atoms with E-state index >= 15 is 0 Å². The SMILES string of the molecule is CCCCc1ccccc1C(=O)Nc1cccc(-c2cc(Nc3ccnc(N4CCC(O)C4)n3)c(=O)n(C)n2)c1C. The van der Waals surface area contributed by atoms with Crippen molar-refractivity contribution in [2.45, 2.75) is 45.6 Å². The van der Waals surface area contributed by atoms with Crippen molar-refractivity contribution in [2.24, 2.45) is 7.05 Å². The molecule has 41 heavy (non-hydrogen) atoms. The first-order valence-corrected chi connectivity index (χ1v) is 13.9. The minimum atomic E-state index is -0.398. The molecule has 1 amide bonds. The van der Waals surface area contributed by atoms with Crippen molar-refractivity contribution in [1.82, 2.24) is 19.7 Å². The molecule has 1 fully saturated rings. The topological polar surface area (TPSA) is 125 Å². The monoisotopic (exact) mass is 553 g/mol. The van der Waals surface area contributed by atoms with Gasteiger partial charge in [0.05, 0.1) is 11.8 Å². The molecule has 0 radical (unpaired) electrons. The van der Waals surface area contributed by atoms with Crippen molar-refractivity contribution in [3.8, 4) is 11.3 Å². The molecular weight excluding hydrogens is 518 g/mol. The summed E-state index contributed by atoms with van der Waals surface area (Å²) in [6.07, 6.45) is 4.82. The quantitative estimate of drug-likeness (QED) is 0.278. The lowest BCUT2D eigenvalue weighted by Crippen LogP contribution is -2.24. The number of aliphatic hydroxyl groups is 1. The molecule has 10 nitrogen and oxygen atoms in total. The van der Waals surface area contributed by atoms with E-state index in [1.807, 2.05) is 54.3 Å². The van der Waals surface area contributed by atoms with E-state index in [1.54, 1.807) is 25.4 Å². The number of amides is 1. The van der Waals surface area contributed by atoms with Gasteiger partial charge in [0.2, 0.25) is 5.95 Å². The Balaban J connectivity index is 1.41. The molecule has 0 aliphatic carbocycles. The number of hydrogen-bond acceptors (Lipinski definition) is 8. The lowest BCUT2D eigenvalue weighted by Gasteiger charge is -2.17. The number of unbranched alkanes of at least 4 members (excludes halogenated alkanes) is 1. The van der Waals surface area contributed by atoms with Crippen LogP contribution < -0.4 is 21.1 Å². The Kier molecular flexibility index (Phi) is 8.39. The Hall–Kier alpha value is -4.57. The van der Waals surface area contributed by atoms with Gasteiger partial charge in [-0.15, -0.1) is 0 Å². The summed E-state index contributed by atoms with van der Waals surface area (Å²) >= 11 is 0. The van der Waals surface area contributed by atoms with Crippen LogP contribution >= 0.6 is 0 Å². The number of benzene rings is 2. The normalized spacial score (nSPS) is 14.7. The molecule has 2 aromatic carbocycles. The third-order valence-electron chi connectivity index (χ3n) is 7.33. The standard InChI is InChI=1S/C31H35N7O3/c1-4-5-9-21-10-6-7-11-24(21)29(40)34-25-13-8-12-23(20(25)2)26-18-27(30(41)37(3)36-26)33-28-14-16-32-31(35-28)38-17-15-22(39)19-38/h6-8,10-14,16,18,22,39H,4-5,9,15,17,19H2,1-3H3,(H,34,40)(H,32,33,35). The number of carbonyl (C=O) groups is 1. The second kappa shape index (κ2) is 12.3. The minimum absolute atomic E-state index is 0.155. The molecular formula is C31H35N7O3. The number of hydrogen-bond donors (Lipinski definition) is 3. The Labute approximate surface area is 239 Å². The van der Waals surface area contributed by atoms with Crippen LogP contribution in [0, 0.1) is 6.92 Å². The van der Waals surface area contributed by atoms with Gasteiger partial charge < -0.3 is 20.6 Å². The van der Waals surface area contributed by atoms with Crippen molar-refractivity contribution >= 4 is 29.0 Å². The van der Waals surface area contributed by atoms with Gasteiger partial charge in [0.15, 0.2) is 0 Å². The van der Waals surface area contributed by atoms with E-state index in [9.17, 15) is 14.7 Å². The van der Waals surface area contributed by atoms with Gasteiger partial charge in [0.1, 0.15) is 11.5 Å². The molecule has 10 heteroatoms. The van der Waals surface area contributed by atoms with Gasteiger partial charge in [0, 0.05) is 43.1 Å². The Morgan fingerprint density at radius 3 is 2.73 bits per heavy atom. The van der Waals surface area contributed by atoms with E-state index < -0.39 is 6.10 Å². The number of aliphatic hydroxyl groups excluding tert-OH is 1. The highest BCUT2D eigenvalue weighted by atomic mass is 16.3. The first kappa shape index (κ1) is 28.0. The van der Waals surface area contributed by atoms with E-state index in [-0.39, 0.29) is 11.5 Å². The average molecular weight is 554 g/mol. The molecule has 212 valence electrons. The second-order valence-electron chi connectivity index (χ2n) is 10.3. The summed E-state index contributed by atoms with van der Waals surface area (Å²) in [4.78, 5) is 37.1. The summed E-state index contributed by atoms with van der Waals surface area (Å²) in [5.74, 6) is 0.802. The maximum Gasteiger partial charge on any atom is 0.290 e. The zero-order valence-corrected chi connectivity index (χ0v) is 23.6. The largest absolute Gasteiger partial charge is 0.391 e. The molecule has 1 aliphatic rings. The maximum absolute atomic E-state index is 13.3. The van der Waals surface area contributed by atoms with Crippen LogP contribution in [0.15, 0.2) is 65.6 Å². The van der Waals surface area contributed by atoms with Crippen LogP contribution in [0.4, 0.5) is 23.1 Å². The van der Waals surface area contributed by atoms with Crippen LogP contribution in [-0.2, 0) is 13.5 Å². The summed E-state index contributed by atoms with van der Waals surface area (Å²) < 4.78 is 1.28. The fourth-order valence-electron chi connectivity index (χ4n) is 5.03. The summed E-state index contributed by atoms with van der Waals surface area (Å²) in [5.41, 5.74) is 4.57. The molecule has 3 N–H and O–H groups in total. The van der Waals surface area contributed by atoms with Crippen LogP contribution in [0.1, 0.15) is 47.7 Å². The van der Waals surface area contributed by atoms with Gasteiger partial charge >= 0.3 is 0 Å². The minimum Gasteiger partial charge on any atom is -0.391 e. The molecule has 1 unspecified atom stereocenters. The van der Waals surface area contributed by atoms with Crippen LogP contribution in [0.25, 0.3) is 11.3 Å². The van der Waals surface area contributed by atoms with E-state index in [1.165, 1.54) is 4.68 Å². The fraction of sp³-hybridized carbons (Fsp3) is 0.323. The molecule has 1 aliphatic heterocycles. The lowest BCUT2D eigenvalue weighted by molar-refractivity contribution is 0.102. The summed E-state index contributed by atoms with van der Waals surface area (Å²) in [6, 6.07) is 16.7. The Morgan fingerprint density at radius 1 is 1.12 bits per heavy atom. The summed E-state index contributed by atoms with van der Waals surface area (Å²) in [6.45, 7) is 5.20.